The minimum absolute atomic E-state index is 0.0209. The number of hydrogen-bond acceptors (Lipinski definition) is 6. The first-order valence-corrected chi connectivity index (χ1v) is 8.02. The predicted octanol–water partition coefficient (Wildman–Crippen LogP) is 3.81. The van der Waals surface area contributed by atoms with Gasteiger partial charge in [-0.3, -0.25) is 19.7 Å². The van der Waals surface area contributed by atoms with Gasteiger partial charge in [-0.15, -0.1) is 0 Å². The molecule has 26 heavy (non-hydrogen) atoms. The Morgan fingerprint density at radius 1 is 1.04 bits per heavy atom. The summed E-state index contributed by atoms with van der Waals surface area (Å²) < 4.78 is 24.5. The highest BCUT2D eigenvalue weighted by Gasteiger charge is 2.40. The van der Waals surface area contributed by atoms with Gasteiger partial charge in [0.15, 0.2) is 5.92 Å². The fraction of sp³-hybridized carbons (Fsp3) is 0.556. The van der Waals surface area contributed by atoms with Gasteiger partial charge >= 0.3 is 11.9 Å². The van der Waals surface area contributed by atoms with Crippen LogP contribution in [0.15, 0.2) is 12.1 Å². The number of nitro groups is 1. The zero-order valence-corrected chi connectivity index (χ0v) is 16.0. The number of rotatable bonds is 4. The van der Waals surface area contributed by atoms with Crippen LogP contribution in [-0.4, -0.2) is 28.1 Å². The van der Waals surface area contributed by atoms with Crippen molar-refractivity contribution >= 4 is 17.6 Å². The summed E-state index contributed by atoms with van der Waals surface area (Å²) in [5, 5.41) is 11.4. The molecule has 7 nitrogen and oxygen atoms in total. The maximum Gasteiger partial charge on any atom is 0.325 e. The molecule has 1 rings (SSSR count). The highest BCUT2D eigenvalue weighted by molar-refractivity contribution is 6.02. The molecule has 0 atom stereocenters. The van der Waals surface area contributed by atoms with Gasteiger partial charge in [0, 0.05) is 6.07 Å². The molecule has 8 heteroatoms. The van der Waals surface area contributed by atoms with Gasteiger partial charge in [0.2, 0.25) is 0 Å². The Morgan fingerprint density at radius 2 is 1.46 bits per heavy atom. The molecule has 0 aliphatic carbocycles. The number of carbonyl (C=O) groups is 2. The predicted molar refractivity (Wildman–Crippen MR) is 92.2 cm³/mol. The monoisotopic (exact) mass is 369 g/mol. The molecule has 1 aromatic carbocycles. The van der Waals surface area contributed by atoms with Gasteiger partial charge in [0.1, 0.15) is 17.0 Å². The van der Waals surface area contributed by atoms with Crippen molar-refractivity contribution in [3.05, 3.63) is 39.2 Å². The molecule has 0 N–H and O–H groups in total. The summed E-state index contributed by atoms with van der Waals surface area (Å²) in [6.07, 6.45) is 0. The fourth-order valence-corrected chi connectivity index (χ4v) is 2.14. The first-order valence-electron chi connectivity index (χ1n) is 8.02. The van der Waals surface area contributed by atoms with Crippen molar-refractivity contribution in [1.29, 1.82) is 0 Å². The summed E-state index contributed by atoms with van der Waals surface area (Å²) in [6.45, 7) is 10.9. The number of nitrogens with zero attached hydrogens (tertiary/aromatic N) is 1. The third-order valence-corrected chi connectivity index (χ3v) is 3.10. The van der Waals surface area contributed by atoms with Gasteiger partial charge in [-0.05, 0) is 60.1 Å². The second-order valence-corrected chi connectivity index (χ2v) is 7.92. The van der Waals surface area contributed by atoms with Crippen LogP contribution in [0.5, 0.6) is 0 Å². The van der Waals surface area contributed by atoms with Gasteiger partial charge in [-0.2, -0.15) is 0 Å². The number of carbonyl (C=O) groups excluding carboxylic acids is 2. The number of ether oxygens (including phenoxy) is 2. The summed E-state index contributed by atoms with van der Waals surface area (Å²) in [6, 6.07) is 1.79. The zero-order chi connectivity index (χ0) is 20.4. The van der Waals surface area contributed by atoms with Crippen molar-refractivity contribution in [3.8, 4) is 0 Å². The summed E-state index contributed by atoms with van der Waals surface area (Å²) in [4.78, 5) is 35.8. The van der Waals surface area contributed by atoms with Crippen LogP contribution in [0.25, 0.3) is 0 Å². The molecule has 0 saturated carbocycles. The van der Waals surface area contributed by atoms with E-state index in [1.54, 1.807) is 41.5 Å². The molecule has 0 aromatic heterocycles. The Kier molecular flexibility index (Phi) is 6.12. The average Bonchev–Trinajstić information content (AvgIpc) is 2.38. The highest BCUT2D eigenvalue weighted by Crippen LogP contribution is 2.33. The van der Waals surface area contributed by atoms with E-state index in [0.717, 1.165) is 12.1 Å². The smallest absolute Gasteiger partial charge is 0.325 e. The van der Waals surface area contributed by atoms with Crippen LogP contribution in [0.2, 0.25) is 0 Å². The standard InChI is InChI=1S/C18H24FNO6/c1-10-8-13(20(23)24)11(9-12(10)19)14(15(21)25-17(2,3)4)16(22)26-18(5,6)7/h8-9,14H,1-7H3. The minimum Gasteiger partial charge on any atom is -0.459 e. The van der Waals surface area contributed by atoms with Crippen LogP contribution in [0.1, 0.15) is 58.6 Å². The molecule has 0 bridgehead atoms. The SMILES string of the molecule is Cc1cc([N+](=O)[O-])c(C(C(=O)OC(C)(C)C)C(=O)OC(C)(C)C)cc1F. The summed E-state index contributed by atoms with van der Waals surface area (Å²) in [7, 11) is 0. The molecular weight excluding hydrogens is 345 g/mol. The number of esters is 2. The number of nitro benzene ring substituents is 1. The molecule has 0 aliphatic rings. The largest absolute Gasteiger partial charge is 0.459 e. The van der Waals surface area contributed by atoms with E-state index >= 15 is 0 Å². The Hall–Kier alpha value is -2.51. The van der Waals surface area contributed by atoms with E-state index in [1.807, 2.05) is 0 Å². The maximum absolute atomic E-state index is 14.1. The summed E-state index contributed by atoms with van der Waals surface area (Å²) in [5.74, 6) is -4.64. The first-order chi connectivity index (χ1) is 11.6. The molecular formula is C18H24FNO6. The number of hydrogen-bond donors (Lipinski definition) is 0. The van der Waals surface area contributed by atoms with Gasteiger partial charge in [0.25, 0.3) is 5.69 Å². The lowest BCUT2D eigenvalue weighted by molar-refractivity contribution is -0.385. The Bertz CT molecular complexity index is 702. The lowest BCUT2D eigenvalue weighted by Gasteiger charge is -2.26. The number of benzene rings is 1. The molecule has 0 fully saturated rings. The third kappa shape index (κ3) is 5.79. The molecule has 144 valence electrons. The van der Waals surface area contributed by atoms with Crippen LogP contribution in [0, 0.1) is 22.9 Å². The van der Waals surface area contributed by atoms with E-state index in [9.17, 15) is 24.1 Å². The molecule has 1 aromatic rings. The molecule has 0 heterocycles. The zero-order valence-electron chi connectivity index (χ0n) is 16.0. The molecule has 0 spiro atoms. The third-order valence-electron chi connectivity index (χ3n) is 3.10. The van der Waals surface area contributed by atoms with E-state index in [0.29, 0.717) is 0 Å². The second-order valence-electron chi connectivity index (χ2n) is 7.92. The van der Waals surface area contributed by atoms with Crippen LogP contribution < -0.4 is 0 Å². The highest BCUT2D eigenvalue weighted by atomic mass is 19.1. The maximum atomic E-state index is 14.1. The van der Waals surface area contributed by atoms with E-state index in [-0.39, 0.29) is 5.56 Å². The molecule has 0 saturated heterocycles. The van der Waals surface area contributed by atoms with Gasteiger partial charge in [-0.25, -0.2) is 4.39 Å². The molecule has 0 amide bonds. The molecule has 0 unspecified atom stereocenters. The molecule has 0 radical (unpaired) electrons. The van der Waals surface area contributed by atoms with Crippen molar-refractivity contribution in [2.75, 3.05) is 0 Å². The molecule has 0 aliphatic heterocycles. The Labute approximate surface area is 151 Å². The van der Waals surface area contributed by atoms with Crippen LogP contribution in [0.4, 0.5) is 10.1 Å². The Morgan fingerprint density at radius 3 is 1.81 bits per heavy atom. The quantitative estimate of drug-likeness (QED) is 0.347. The topological polar surface area (TPSA) is 95.7 Å². The van der Waals surface area contributed by atoms with Crippen molar-refractivity contribution in [1.82, 2.24) is 0 Å². The van der Waals surface area contributed by atoms with E-state index in [2.05, 4.69) is 0 Å². The van der Waals surface area contributed by atoms with Crippen molar-refractivity contribution < 1.29 is 28.4 Å². The summed E-state index contributed by atoms with van der Waals surface area (Å²) in [5.41, 5.74) is -2.83. The van der Waals surface area contributed by atoms with Gasteiger partial charge in [0.05, 0.1) is 10.5 Å². The van der Waals surface area contributed by atoms with Gasteiger partial charge in [-0.1, -0.05) is 0 Å². The van der Waals surface area contributed by atoms with Crippen LogP contribution in [0.3, 0.4) is 0 Å². The number of halogens is 1. The lowest BCUT2D eigenvalue weighted by atomic mass is 9.95. The summed E-state index contributed by atoms with van der Waals surface area (Å²) >= 11 is 0. The average molecular weight is 369 g/mol. The van der Waals surface area contributed by atoms with E-state index in [4.69, 9.17) is 9.47 Å². The van der Waals surface area contributed by atoms with Crippen LogP contribution >= 0.6 is 0 Å². The fourth-order valence-electron chi connectivity index (χ4n) is 2.14. The van der Waals surface area contributed by atoms with Crippen LogP contribution in [-0.2, 0) is 19.1 Å². The Balaban J connectivity index is 3.55. The van der Waals surface area contributed by atoms with Crippen molar-refractivity contribution in [2.24, 2.45) is 0 Å². The second kappa shape index (κ2) is 7.39. The lowest BCUT2D eigenvalue weighted by Crippen LogP contribution is -2.36. The van der Waals surface area contributed by atoms with E-state index in [1.165, 1.54) is 6.92 Å². The minimum atomic E-state index is -1.77. The van der Waals surface area contributed by atoms with E-state index < -0.39 is 51.0 Å². The number of aryl methyl sites for hydroxylation is 1. The van der Waals surface area contributed by atoms with Crippen molar-refractivity contribution in [2.45, 2.75) is 65.6 Å². The van der Waals surface area contributed by atoms with Gasteiger partial charge < -0.3 is 9.47 Å². The first kappa shape index (κ1) is 21.5. The normalized spacial score (nSPS) is 12.0. The van der Waals surface area contributed by atoms with Crippen molar-refractivity contribution in [3.63, 3.8) is 0 Å².